The molecule has 1 N–H and O–H groups in total. The fourth-order valence-corrected chi connectivity index (χ4v) is 2.31. The molecule has 1 heterocycles. The molecule has 1 unspecified atom stereocenters. The van der Waals surface area contributed by atoms with Gasteiger partial charge in [-0.3, -0.25) is 0 Å². The number of hydrogen-bond donors (Lipinski definition) is 1. The molecule has 0 radical (unpaired) electrons. The fourth-order valence-electron chi connectivity index (χ4n) is 2.31. The molecule has 0 saturated heterocycles. The number of halogens is 1. The molecule has 1 aliphatic rings. The number of nitrogens with zero attached hydrogens (tertiary/aromatic N) is 2. The molecule has 3 nitrogen and oxygen atoms in total. The van der Waals surface area contributed by atoms with Crippen LogP contribution in [-0.2, 0) is 0 Å². The van der Waals surface area contributed by atoms with Gasteiger partial charge in [-0.15, -0.1) is 0 Å². The van der Waals surface area contributed by atoms with Crippen molar-refractivity contribution in [1.82, 2.24) is 4.98 Å². The highest BCUT2D eigenvalue weighted by molar-refractivity contribution is 5.42. The Morgan fingerprint density at radius 2 is 1.95 bits per heavy atom. The molecule has 4 heteroatoms. The maximum atomic E-state index is 13.0. The quantitative estimate of drug-likeness (QED) is 0.919. The minimum Gasteiger partial charge on any atom is -0.363 e. The first-order valence-corrected chi connectivity index (χ1v) is 6.65. The van der Waals surface area contributed by atoms with Crippen molar-refractivity contribution < 1.29 is 4.39 Å². The zero-order valence-corrected chi connectivity index (χ0v) is 10.9. The van der Waals surface area contributed by atoms with Crippen molar-refractivity contribution in [1.29, 1.82) is 5.26 Å². The van der Waals surface area contributed by atoms with E-state index in [0.717, 1.165) is 18.4 Å². The number of anilines is 1. The van der Waals surface area contributed by atoms with Gasteiger partial charge < -0.3 is 5.32 Å². The molecule has 3 rings (SSSR count). The van der Waals surface area contributed by atoms with Crippen molar-refractivity contribution in [2.45, 2.75) is 18.9 Å². The van der Waals surface area contributed by atoms with E-state index in [9.17, 15) is 4.39 Å². The minimum absolute atomic E-state index is 0.122. The van der Waals surface area contributed by atoms with E-state index in [1.165, 1.54) is 12.1 Å². The van der Waals surface area contributed by atoms with Crippen LogP contribution in [0.5, 0.6) is 0 Å². The lowest BCUT2D eigenvalue weighted by atomic mass is 10.0. The first-order chi connectivity index (χ1) is 9.76. The average molecular weight is 267 g/mol. The molecule has 1 fully saturated rings. The summed E-state index contributed by atoms with van der Waals surface area (Å²) in [5.41, 5.74) is 1.45. The van der Waals surface area contributed by atoms with Gasteiger partial charge in [0.1, 0.15) is 23.4 Å². The lowest BCUT2D eigenvalue weighted by molar-refractivity contribution is 0.622. The van der Waals surface area contributed by atoms with Crippen molar-refractivity contribution in [3.63, 3.8) is 0 Å². The van der Waals surface area contributed by atoms with Crippen LogP contribution in [0.15, 0.2) is 42.5 Å². The number of hydrogen-bond acceptors (Lipinski definition) is 3. The van der Waals surface area contributed by atoms with Gasteiger partial charge in [-0.25, -0.2) is 9.37 Å². The van der Waals surface area contributed by atoms with E-state index < -0.39 is 0 Å². The Balaban J connectivity index is 1.84. The molecular weight excluding hydrogens is 253 g/mol. The lowest BCUT2D eigenvalue weighted by Gasteiger charge is -2.19. The van der Waals surface area contributed by atoms with Crippen LogP contribution < -0.4 is 5.32 Å². The molecule has 1 saturated carbocycles. The number of pyridine rings is 1. The second-order valence-electron chi connectivity index (χ2n) is 5.03. The second-order valence-corrected chi connectivity index (χ2v) is 5.03. The smallest absolute Gasteiger partial charge is 0.142 e. The highest BCUT2D eigenvalue weighted by Gasteiger charge is 2.32. The van der Waals surface area contributed by atoms with Gasteiger partial charge in [-0.1, -0.05) is 18.2 Å². The third kappa shape index (κ3) is 2.77. The van der Waals surface area contributed by atoms with Crippen LogP contribution in [0.4, 0.5) is 10.2 Å². The van der Waals surface area contributed by atoms with Crippen LogP contribution in [0.2, 0.25) is 0 Å². The van der Waals surface area contributed by atoms with Crippen LogP contribution in [0.1, 0.15) is 30.1 Å². The molecule has 1 atom stereocenters. The number of nitrogens with one attached hydrogen (secondary N) is 1. The molecule has 1 aliphatic carbocycles. The largest absolute Gasteiger partial charge is 0.363 e. The van der Waals surface area contributed by atoms with Crippen molar-refractivity contribution in [2.75, 3.05) is 5.32 Å². The maximum absolute atomic E-state index is 13.0. The van der Waals surface area contributed by atoms with E-state index in [0.29, 0.717) is 17.4 Å². The normalized spacial score (nSPS) is 15.4. The van der Waals surface area contributed by atoms with Gasteiger partial charge in [-0.2, -0.15) is 5.26 Å². The van der Waals surface area contributed by atoms with Crippen molar-refractivity contribution >= 4 is 5.82 Å². The first-order valence-electron chi connectivity index (χ1n) is 6.65. The fraction of sp³-hybridized carbons (Fsp3) is 0.250. The van der Waals surface area contributed by atoms with Crippen LogP contribution in [0.3, 0.4) is 0 Å². The SMILES string of the molecule is N#Cc1cccc(NC(c2ccc(F)cc2)C2CC2)n1. The molecule has 2 aromatic rings. The monoisotopic (exact) mass is 267 g/mol. The summed E-state index contributed by atoms with van der Waals surface area (Å²) in [6.07, 6.45) is 2.32. The predicted molar refractivity (Wildman–Crippen MR) is 74.4 cm³/mol. The summed E-state index contributed by atoms with van der Waals surface area (Å²) in [5.74, 6) is 1.01. The Bertz CT molecular complexity index is 642. The summed E-state index contributed by atoms with van der Waals surface area (Å²) < 4.78 is 13.0. The molecule has 0 bridgehead atoms. The van der Waals surface area contributed by atoms with Crippen LogP contribution in [-0.4, -0.2) is 4.98 Å². The topological polar surface area (TPSA) is 48.7 Å². The number of benzene rings is 1. The van der Waals surface area contributed by atoms with Gasteiger partial charge in [0.2, 0.25) is 0 Å². The summed E-state index contributed by atoms with van der Waals surface area (Å²) in [4.78, 5) is 4.24. The van der Waals surface area contributed by atoms with Crippen LogP contribution in [0.25, 0.3) is 0 Å². The first kappa shape index (κ1) is 12.6. The highest BCUT2D eigenvalue weighted by atomic mass is 19.1. The van der Waals surface area contributed by atoms with E-state index in [1.807, 2.05) is 18.2 Å². The van der Waals surface area contributed by atoms with Gasteiger partial charge in [-0.05, 0) is 48.6 Å². The molecule has 20 heavy (non-hydrogen) atoms. The van der Waals surface area contributed by atoms with Gasteiger partial charge in [0.25, 0.3) is 0 Å². The molecule has 0 amide bonds. The summed E-state index contributed by atoms with van der Waals surface area (Å²) in [7, 11) is 0. The Labute approximate surface area is 117 Å². The average Bonchev–Trinajstić information content (AvgIpc) is 3.31. The molecule has 1 aromatic carbocycles. The van der Waals surface area contributed by atoms with Gasteiger partial charge in [0, 0.05) is 0 Å². The van der Waals surface area contributed by atoms with Gasteiger partial charge in [0.15, 0.2) is 0 Å². The highest BCUT2D eigenvalue weighted by Crippen LogP contribution is 2.42. The van der Waals surface area contributed by atoms with Gasteiger partial charge >= 0.3 is 0 Å². The minimum atomic E-state index is -0.229. The van der Waals surface area contributed by atoms with E-state index in [2.05, 4.69) is 10.3 Å². The van der Waals surface area contributed by atoms with E-state index in [1.54, 1.807) is 18.2 Å². The van der Waals surface area contributed by atoms with Gasteiger partial charge in [0.05, 0.1) is 6.04 Å². The summed E-state index contributed by atoms with van der Waals surface area (Å²) in [6, 6.07) is 14.1. The lowest BCUT2D eigenvalue weighted by Crippen LogP contribution is -2.14. The Morgan fingerprint density at radius 1 is 1.20 bits per heavy atom. The van der Waals surface area contributed by atoms with Crippen molar-refractivity contribution in [3.8, 4) is 6.07 Å². The van der Waals surface area contributed by atoms with E-state index in [4.69, 9.17) is 5.26 Å². The molecular formula is C16H14FN3. The third-order valence-corrected chi connectivity index (χ3v) is 3.49. The molecule has 0 aliphatic heterocycles. The Morgan fingerprint density at radius 3 is 2.60 bits per heavy atom. The molecule has 0 spiro atoms. The van der Waals surface area contributed by atoms with Crippen molar-refractivity contribution in [2.24, 2.45) is 5.92 Å². The molecule has 1 aromatic heterocycles. The number of aromatic nitrogens is 1. The third-order valence-electron chi connectivity index (χ3n) is 3.49. The zero-order valence-electron chi connectivity index (χ0n) is 10.9. The number of rotatable bonds is 4. The Kier molecular flexibility index (Phi) is 3.34. The maximum Gasteiger partial charge on any atom is 0.142 e. The zero-order chi connectivity index (χ0) is 13.9. The summed E-state index contributed by atoms with van der Waals surface area (Å²) >= 11 is 0. The Hall–Kier alpha value is -2.41. The van der Waals surface area contributed by atoms with E-state index >= 15 is 0 Å². The van der Waals surface area contributed by atoms with Crippen molar-refractivity contribution in [3.05, 3.63) is 59.5 Å². The van der Waals surface area contributed by atoms with Crippen LogP contribution in [0, 0.1) is 23.1 Å². The molecule has 100 valence electrons. The standard InChI is InChI=1S/C16H14FN3/c17-13-8-6-12(7-9-13)16(11-4-5-11)20-15-3-1-2-14(10-18)19-15/h1-3,6-9,11,16H,4-5H2,(H,19,20). The van der Waals surface area contributed by atoms with E-state index in [-0.39, 0.29) is 11.9 Å². The van der Waals surface area contributed by atoms with Crippen LogP contribution >= 0.6 is 0 Å². The second kappa shape index (κ2) is 5.30. The number of nitriles is 1. The summed E-state index contributed by atoms with van der Waals surface area (Å²) in [5, 5.41) is 12.3. The predicted octanol–water partition coefficient (Wildman–Crippen LogP) is 3.66. The summed E-state index contributed by atoms with van der Waals surface area (Å²) in [6.45, 7) is 0.